The fraction of sp³-hybridized carbons (Fsp3) is 0.875. The molecule has 0 N–H and O–H groups in total. The van der Waals surface area contributed by atoms with Crippen molar-refractivity contribution in [2.45, 2.75) is 32.5 Å². The number of ether oxygens (including phenoxy) is 2. The molecule has 1 saturated heterocycles. The van der Waals surface area contributed by atoms with Crippen molar-refractivity contribution in [3.63, 3.8) is 0 Å². The minimum Gasteiger partial charge on any atom is -0.595 e. The van der Waals surface area contributed by atoms with Crippen molar-refractivity contribution in [3.8, 4) is 0 Å². The Morgan fingerprint density at radius 1 is 1.67 bits per heavy atom. The van der Waals surface area contributed by atoms with Gasteiger partial charge in [0.05, 0.1) is 13.2 Å². The second-order valence-electron chi connectivity index (χ2n) is 3.78. The molecule has 0 aromatic carbocycles. The topological polar surface area (TPSA) is 57.2 Å². The first-order chi connectivity index (χ1) is 5.47. The molecule has 0 amide bonds. The Kier molecular flexibility index (Phi) is 2.57. The lowest BCUT2D eigenvalue weighted by molar-refractivity contribution is -0.260. The molecule has 0 aromatic rings. The fourth-order valence-electron chi connectivity index (χ4n) is 0.644. The first-order valence-electron chi connectivity index (χ1n) is 3.99. The van der Waals surface area contributed by atoms with Crippen LogP contribution in [0.5, 0.6) is 0 Å². The molecule has 1 aliphatic rings. The van der Waals surface area contributed by atoms with E-state index in [1.54, 1.807) is 0 Å². The Morgan fingerprint density at radius 3 is 2.67 bits per heavy atom. The number of nitrogens with zero attached hydrogens (tertiary/aromatic N) is 1. The van der Waals surface area contributed by atoms with E-state index >= 15 is 0 Å². The minimum absolute atomic E-state index is 0.150. The van der Waals surface area contributed by atoms with Crippen LogP contribution in [0.4, 0.5) is 0 Å². The van der Waals surface area contributed by atoms with Crippen LogP contribution in [0, 0.1) is 0 Å². The monoisotopic (exact) mass is 172 g/mol. The first-order valence-corrected chi connectivity index (χ1v) is 3.99. The second-order valence-corrected chi connectivity index (χ2v) is 3.78. The highest BCUT2D eigenvalue weighted by Crippen LogP contribution is 2.09. The lowest BCUT2D eigenvalue weighted by Gasteiger charge is -2.29. The maximum atomic E-state index is 10.9. The minimum atomic E-state index is -0.502. The van der Waals surface area contributed by atoms with E-state index in [-0.39, 0.29) is 6.10 Å². The van der Waals surface area contributed by atoms with Gasteiger partial charge in [0.25, 0.3) is 0 Å². The predicted molar refractivity (Wildman–Crippen MR) is 42.9 cm³/mol. The van der Waals surface area contributed by atoms with Crippen molar-refractivity contribution in [3.05, 3.63) is 0 Å². The smallest absolute Gasteiger partial charge is 0.145 e. The van der Waals surface area contributed by atoms with E-state index in [0.29, 0.717) is 13.2 Å². The maximum absolute atomic E-state index is 10.9. The van der Waals surface area contributed by atoms with Crippen LogP contribution in [0.1, 0.15) is 20.8 Å². The van der Waals surface area contributed by atoms with Gasteiger partial charge in [-0.1, -0.05) is 20.8 Å². The molecule has 1 fully saturated rings. The van der Waals surface area contributed by atoms with Crippen molar-refractivity contribution < 1.29 is 14.6 Å². The zero-order chi connectivity index (χ0) is 9.19. The molecule has 1 rings (SSSR count). The van der Waals surface area contributed by atoms with Gasteiger partial charge in [-0.25, -0.2) is 0 Å². The van der Waals surface area contributed by atoms with E-state index < -0.39 is 11.7 Å². The fourth-order valence-corrected chi connectivity index (χ4v) is 0.644. The van der Waals surface area contributed by atoms with Crippen LogP contribution in [0.25, 0.3) is 0 Å². The summed E-state index contributed by atoms with van der Waals surface area (Å²) in [5.41, 5.74) is -0.453. The zero-order valence-electron chi connectivity index (χ0n) is 7.66. The SMILES string of the molecule is CC(C)(C)OC([O-])=NCC1CO1. The summed E-state index contributed by atoms with van der Waals surface area (Å²) in [6.45, 7) is 6.58. The van der Waals surface area contributed by atoms with Gasteiger partial charge in [-0.2, -0.15) is 0 Å². The lowest BCUT2D eigenvalue weighted by atomic mass is 10.2. The molecule has 0 bridgehead atoms. The largest absolute Gasteiger partial charge is 0.595 e. The third-order valence-electron chi connectivity index (χ3n) is 1.22. The number of aliphatic imine (C=N–C) groups is 1. The van der Waals surface area contributed by atoms with Crippen molar-refractivity contribution >= 4 is 6.08 Å². The van der Waals surface area contributed by atoms with Crippen LogP contribution in [-0.2, 0) is 9.47 Å². The van der Waals surface area contributed by atoms with E-state index in [1.165, 1.54) is 0 Å². The van der Waals surface area contributed by atoms with E-state index in [1.807, 2.05) is 20.8 Å². The Bertz CT molecular complexity index is 179. The van der Waals surface area contributed by atoms with Gasteiger partial charge < -0.3 is 14.6 Å². The molecule has 4 heteroatoms. The molecule has 1 heterocycles. The summed E-state index contributed by atoms with van der Waals surface area (Å²) in [5, 5.41) is 10.9. The Balaban J connectivity index is 2.25. The van der Waals surface area contributed by atoms with Gasteiger partial charge in [-0.05, 0) is 0 Å². The van der Waals surface area contributed by atoms with Crippen LogP contribution in [0.2, 0.25) is 0 Å². The highest BCUT2D eigenvalue weighted by molar-refractivity contribution is 5.62. The first kappa shape index (κ1) is 9.32. The molecule has 70 valence electrons. The van der Waals surface area contributed by atoms with Gasteiger partial charge >= 0.3 is 0 Å². The molecule has 0 radical (unpaired) electrons. The lowest BCUT2D eigenvalue weighted by Crippen LogP contribution is -2.32. The third-order valence-corrected chi connectivity index (χ3v) is 1.22. The molecule has 0 spiro atoms. The molecule has 1 aliphatic heterocycles. The van der Waals surface area contributed by atoms with Crippen LogP contribution >= 0.6 is 0 Å². The van der Waals surface area contributed by atoms with Crippen molar-refractivity contribution in [2.24, 2.45) is 4.99 Å². The highest BCUT2D eigenvalue weighted by atomic mass is 16.6. The second kappa shape index (κ2) is 3.31. The van der Waals surface area contributed by atoms with Crippen LogP contribution in [0.15, 0.2) is 4.99 Å². The van der Waals surface area contributed by atoms with E-state index in [9.17, 15) is 5.11 Å². The normalized spacial score (nSPS) is 23.9. The highest BCUT2D eigenvalue weighted by Gasteiger charge is 2.21. The third kappa shape index (κ3) is 4.18. The molecule has 1 unspecified atom stereocenters. The molecular formula is C8H14NO3-. The average Bonchev–Trinajstić information content (AvgIpc) is 2.61. The summed E-state index contributed by atoms with van der Waals surface area (Å²) in [7, 11) is 0. The van der Waals surface area contributed by atoms with Gasteiger partial charge in [0.2, 0.25) is 0 Å². The number of hydrogen-bond donors (Lipinski definition) is 0. The molecule has 0 aromatic heterocycles. The summed E-state index contributed by atoms with van der Waals surface area (Å²) in [4.78, 5) is 3.69. The molecule has 12 heavy (non-hydrogen) atoms. The van der Waals surface area contributed by atoms with E-state index in [2.05, 4.69) is 4.99 Å². The summed E-state index contributed by atoms with van der Waals surface area (Å²) in [5.74, 6) is 0. The van der Waals surface area contributed by atoms with Crippen LogP contribution in [0.3, 0.4) is 0 Å². The quantitative estimate of drug-likeness (QED) is 0.332. The number of hydrogen-bond acceptors (Lipinski definition) is 4. The predicted octanol–water partition coefficient (Wildman–Crippen LogP) is -0.0834. The van der Waals surface area contributed by atoms with Crippen molar-refractivity contribution in [2.75, 3.05) is 13.2 Å². The van der Waals surface area contributed by atoms with Crippen molar-refractivity contribution in [1.29, 1.82) is 0 Å². The summed E-state index contributed by atoms with van der Waals surface area (Å²) in [6, 6.07) is 0. The van der Waals surface area contributed by atoms with Gasteiger partial charge in [-0.3, -0.25) is 4.99 Å². The summed E-state index contributed by atoms with van der Waals surface area (Å²) < 4.78 is 9.84. The summed E-state index contributed by atoms with van der Waals surface area (Å²) in [6.07, 6.45) is -0.351. The molecular weight excluding hydrogens is 158 g/mol. The standard InChI is InChI=1S/C8H15NO3/c1-8(2,3)12-7(10)9-4-6-5-11-6/h6H,4-5H2,1-3H3,(H,9,10)/p-1. The Hall–Kier alpha value is -0.770. The molecule has 0 aliphatic carbocycles. The van der Waals surface area contributed by atoms with E-state index in [0.717, 1.165) is 0 Å². The van der Waals surface area contributed by atoms with E-state index in [4.69, 9.17) is 9.47 Å². The molecule has 4 nitrogen and oxygen atoms in total. The molecule has 1 atom stereocenters. The van der Waals surface area contributed by atoms with Gasteiger partial charge in [0.1, 0.15) is 12.2 Å². The van der Waals surface area contributed by atoms with Crippen LogP contribution < -0.4 is 5.11 Å². The molecule has 0 saturated carbocycles. The van der Waals surface area contributed by atoms with Gasteiger partial charge in [0, 0.05) is 5.60 Å². The summed E-state index contributed by atoms with van der Waals surface area (Å²) >= 11 is 0. The Morgan fingerprint density at radius 2 is 2.25 bits per heavy atom. The zero-order valence-corrected chi connectivity index (χ0v) is 7.66. The van der Waals surface area contributed by atoms with Gasteiger partial charge in [0.15, 0.2) is 0 Å². The number of epoxide rings is 1. The van der Waals surface area contributed by atoms with Crippen LogP contribution in [-0.4, -0.2) is 30.9 Å². The Labute approximate surface area is 72.2 Å². The average molecular weight is 172 g/mol. The maximum Gasteiger partial charge on any atom is 0.145 e. The van der Waals surface area contributed by atoms with Gasteiger partial charge in [-0.15, -0.1) is 0 Å². The number of rotatable bonds is 2. The van der Waals surface area contributed by atoms with Crippen molar-refractivity contribution in [1.82, 2.24) is 0 Å².